The van der Waals surface area contributed by atoms with Crippen LogP contribution in [0.15, 0.2) is 30.3 Å². The molecule has 0 aromatic heterocycles. The van der Waals surface area contributed by atoms with Crippen molar-refractivity contribution in [2.24, 2.45) is 0 Å². The normalized spacial score (nSPS) is 22.0. The SMILES string of the molecule is C[C]1[CH][P][C](c2ccccc2)[C]1C.[CH]1[CH][CH][CH][CH]1.[Fe]. The van der Waals surface area contributed by atoms with Crippen molar-refractivity contribution in [1.29, 1.82) is 0 Å². The minimum Gasteiger partial charge on any atom is -0.0625 e. The fraction of sp³-hybridized carbons (Fsp3) is 0.118. The van der Waals surface area contributed by atoms with Crippen LogP contribution in [-0.4, -0.2) is 0 Å². The Bertz CT molecular complexity index is 327. The second-order valence-electron chi connectivity index (χ2n) is 4.24. The summed E-state index contributed by atoms with van der Waals surface area (Å²) in [5, 5.41) is 0. The second-order valence-corrected chi connectivity index (χ2v) is 5.21. The van der Waals surface area contributed by atoms with Gasteiger partial charge in [-0.25, -0.2) is 0 Å². The van der Waals surface area contributed by atoms with Crippen LogP contribution in [0, 0.1) is 55.8 Å². The largest absolute Gasteiger partial charge is 0.0625 e. The molecule has 0 bridgehead atoms. The van der Waals surface area contributed by atoms with Crippen molar-refractivity contribution in [2.75, 3.05) is 0 Å². The van der Waals surface area contributed by atoms with Crippen LogP contribution >= 0.6 is 8.58 Å². The summed E-state index contributed by atoms with van der Waals surface area (Å²) < 4.78 is 0. The quantitative estimate of drug-likeness (QED) is 0.511. The van der Waals surface area contributed by atoms with Gasteiger partial charge in [-0.1, -0.05) is 52.8 Å². The maximum absolute atomic E-state index is 2.28. The molecule has 2 aliphatic rings. The molecule has 0 unspecified atom stereocenters. The van der Waals surface area contributed by atoms with Gasteiger partial charge in [0.15, 0.2) is 0 Å². The second kappa shape index (κ2) is 9.17. The summed E-state index contributed by atoms with van der Waals surface area (Å²) in [5.74, 6) is 2.85. The van der Waals surface area contributed by atoms with Crippen molar-refractivity contribution in [1.82, 2.24) is 0 Å². The van der Waals surface area contributed by atoms with E-state index in [1.807, 2.05) is 32.1 Å². The van der Waals surface area contributed by atoms with Crippen molar-refractivity contribution >= 4 is 8.58 Å². The number of hydrogen-bond acceptors (Lipinski definition) is 0. The third-order valence-corrected chi connectivity index (χ3v) is 4.30. The summed E-state index contributed by atoms with van der Waals surface area (Å²) in [4.78, 5) is 0. The van der Waals surface area contributed by atoms with Gasteiger partial charge in [-0.2, -0.15) is 0 Å². The molecule has 0 atom stereocenters. The molecule has 1 aliphatic carbocycles. The third kappa shape index (κ3) is 5.22. The van der Waals surface area contributed by atoms with Gasteiger partial charge < -0.3 is 0 Å². The smallest absolute Gasteiger partial charge is 0.0406 e. The Morgan fingerprint density at radius 3 is 1.74 bits per heavy atom. The zero-order valence-corrected chi connectivity index (χ0v) is 13.2. The van der Waals surface area contributed by atoms with Gasteiger partial charge in [0.1, 0.15) is 0 Å². The van der Waals surface area contributed by atoms with Crippen LogP contribution < -0.4 is 0 Å². The Morgan fingerprint density at radius 2 is 1.32 bits per heavy atom. The predicted octanol–water partition coefficient (Wildman–Crippen LogP) is 4.90. The van der Waals surface area contributed by atoms with Crippen molar-refractivity contribution in [3.63, 3.8) is 0 Å². The van der Waals surface area contributed by atoms with Gasteiger partial charge in [0, 0.05) is 22.7 Å². The summed E-state index contributed by atoms with van der Waals surface area (Å²) in [6, 6.07) is 10.6. The molecule has 0 spiro atoms. The van der Waals surface area contributed by atoms with E-state index in [1.54, 1.807) is 0 Å². The third-order valence-electron chi connectivity index (χ3n) is 2.94. The van der Waals surface area contributed by atoms with Gasteiger partial charge in [-0.05, 0) is 55.7 Å². The molecule has 1 saturated heterocycles. The molecule has 10 radical (unpaired) electrons. The van der Waals surface area contributed by atoms with Gasteiger partial charge in [-0.3, -0.25) is 0 Å². The first-order valence-electron chi connectivity index (χ1n) is 6.10. The Morgan fingerprint density at radius 1 is 0.789 bits per heavy atom. The van der Waals surface area contributed by atoms with Crippen LogP contribution in [0.5, 0.6) is 0 Å². The summed E-state index contributed by atoms with van der Waals surface area (Å²) >= 11 is 0. The fourth-order valence-corrected chi connectivity index (χ4v) is 2.93. The summed E-state index contributed by atoms with van der Waals surface area (Å²) in [5.41, 5.74) is 2.81. The average molecular weight is 308 g/mol. The van der Waals surface area contributed by atoms with E-state index in [2.05, 4.69) is 50.3 Å². The van der Waals surface area contributed by atoms with Crippen molar-refractivity contribution < 1.29 is 17.1 Å². The molecule has 1 aliphatic heterocycles. The first kappa shape index (κ1) is 17.2. The Hall–Kier alpha value is 0.169. The van der Waals surface area contributed by atoms with Crippen molar-refractivity contribution in [2.45, 2.75) is 13.8 Å². The summed E-state index contributed by atoms with van der Waals surface area (Å²) in [7, 11) is 1.34. The van der Waals surface area contributed by atoms with E-state index in [4.69, 9.17) is 0 Å². The maximum Gasteiger partial charge on any atom is 0.0406 e. The van der Waals surface area contributed by atoms with Crippen LogP contribution in [0.1, 0.15) is 19.4 Å². The summed E-state index contributed by atoms with van der Waals surface area (Å²) in [6.07, 6.45) is 12.3. The Labute approximate surface area is 131 Å². The zero-order valence-electron chi connectivity index (χ0n) is 11.2. The van der Waals surface area contributed by atoms with Gasteiger partial charge in [0.05, 0.1) is 0 Å². The Kier molecular flexibility index (Phi) is 8.31. The van der Waals surface area contributed by atoms with Crippen LogP contribution in [0.3, 0.4) is 0 Å². The molecule has 19 heavy (non-hydrogen) atoms. The predicted molar refractivity (Wildman–Crippen MR) is 79.3 cm³/mol. The molecule has 0 N–H and O–H groups in total. The van der Waals surface area contributed by atoms with Crippen molar-refractivity contribution in [3.8, 4) is 0 Å². The van der Waals surface area contributed by atoms with E-state index in [0.29, 0.717) is 0 Å². The van der Waals surface area contributed by atoms with Crippen LogP contribution in [-0.2, 0) is 17.1 Å². The van der Waals surface area contributed by atoms with E-state index in [1.165, 1.54) is 31.6 Å². The average Bonchev–Trinajstić information content (AvgIpc) is 3.06. The van der Waals surface area contributed by atoms with Crippen LogP contribution in [0.25, 0.3) is 0 Å². The number of hydrogen-bond donors (Lipinski definition) is 0. The van der Waals surface area contributed by atoms with Crippen LogP contribution in [0.4, 0.5) is 0 Å². The molecule has 1 aromatic rings. The monoisotopic (exact) mass is 308 g/mol. The molecule has 1 heterocycles. The molecule has 0 amide bonds. The number of benzene rings is 1. The van der Waals surface area contributed by atoms with Gasteiger partial charge >= 0.3 is 0 Å². The van der Waals surface area contributed by atoms with Gasteiger partial charge in [0.25, 0.3) is 0 Å². The minimum atomic E-state index is 0. The van der Waals surface area contributed by atoms with E-state index in [0.717, 1.165) is 0 Å². The number of rotatable bonds is 1. The van der Waals surface area contributed by atoms with Crippen molar-refractivity contribution in [3.05, 3.63) is 91.7 Å². The van der Waals surface area contributed by atoms with Gasteiger partial charge in [-0.15, -0.1) is 0 Å². The first-order chi connectivity index (χ1) is 8.79. The molecule has 2 fully saturated rings. The summed E-state index contributed by atoms with van der Waals surface area (Å²) in [6.45, 7) is 4.38. The molecule has 0 nitrogen and oxygen atoms in total. The molecular weight excluding hydrogens is 291 g/mol. The van der Waals surface area contributed by atoms with Crippen LogP contribution in [0.2, 0.25) is 0 Å². The fourth-order valence-electron chi connectivity index (χ4n) is 1.75. The van der Waals surface area contributed by atoms with E-state index in [-0.39, 0.29) is 17.1 Å². The minimum absolute atomic E-state index is 0. The molecular formula is C17H17FeP. The standard InChI is InChI=1S/C12H12P.C5H5.Fe/c1-9-8-13-12(10(9)2)11-6-4-3-5-7-11;1-2-4-5-3-1;/h3-8H,1-2H3;1-5H;. The van der Waals surface area contributed by atoms with E-state index < -0.39 is 0 Å². The van der Waals surface area contributed by atoms with E-state index >= 15 is 0 Å². The topological polar surface area (TPSA) is 0 Å². The molecule has 98 valence electrons. The Balaban J connectivity index is 0.000000256. The zero-order chi connectivity index (χ0) is 12.8. The maximum atomic E-state index is 2.28. The van der Waals surface area contributed by atoms with Gasteiger partial charge in [0.2, 0.25) is 0 Å². The molecule has 3 rings (SSSR count). The first-order valence-corrected chi connectivity index (χ1v) is 7.06. The van der Waals surface area contributed by atoms with E-state index in [9.17, 15) is 0 Å². The molecule has 1 saturated carbocycles. The molecule has 1 aromatic carbocycles. The molecule has 2 heteroatoms.